The Balaban J connectivity index is 2.40. The van der Waals surface area contributed by atoms with Gasteiger partial charge in [0.1, 0.15) is 13.0 Å². The van der Waals surface area contributed by atoms with Crippen molar-refractivity contribution < 1.29 is 14.3 Å². The number of anilines is 1. The summed E-state index contributed by atoms with van der Waals surface area (Å²) in [6.07, 6.45) is -0.297. The quantitative estimate of drug-likeness (QED) is 0.813. The molecule has 2 rings (SSSR count). The van der Waals surface area contributed by atoms with Crippen molar-refractivity contribution in [2.75, 3.05) is 5.32 Å². The SMILES string of the molecule is N#CCC(=O)Nc1c(Cl)ccc2c1C(=O)OC2. The van der Waals surface area contributed by atoms with Crippen LogP contribution in [-0.2, 0) is 16.1 Å². The van der Waals surface area contributed by atoms with Crippen molar-refractivity contribution in [1.29, 1.82) is 5.26 Å². The number of hydrogen-bond donors (Lipinski definition) is 1. The Labute approximate surface area is 102 Å². The van der Waals surface area contributed by atoms with Gasteiger partial charge in [0.15, 0.2) is 0 Å². The van der Waals surface area contributed by atoms with E-state index >= 15 is 0 Å². The van der Waals surface area contributed by atoms with E-state index in [9.17, 15) is 9.59 Å². The van der Waals surface area contributed by atoms with E-state index in [0.29, 0.717) is 5.56 Å². The Morgan fingerprint density at radius 1 is 1.59 bits per heavy atom. The first-order valence-electron chi connectivity index (χ1n) is 4.78. The highest BCUT2D eigenvalue weighted by Crippen LogP contribution is 2.33. The number of benzene rings is 1. The molecule has 1 aliphatic heterocycles. The number of nitriles is 1. The van der Waals surface area contributed by atoms with Gasteiger partial charge in [0.2, 0.25) is 5.91 Å². The number of esters is 1. The van der Waals surface area contributed by atoms with Crippen molar-refractivity contribution in [2.45, 2.75) is 13.0 Å². The van der Waals surface area contributed by atoms with Gasteiger partial charge < -0.3 is 10.1 Å². The van der Waals surface area contributed by atoms with Crippen LogP contribution in [0, 0.1) is 11.3 Å². The minimum absolute atomic E-state index is 0.173. The molecule has 5 nitrogen and oxygen atoms in total. The summed E-state index contributed by atoms with van der Waals surface area (Å²) in [6, 6.07) is 4.96. The number of cyclic esters (lactones) is 1. The second-order valence-electron chi connectivity index (χ2n) is 3.42. The van der Waals surface area contributed by atoms with Crippen LogP contribution in [0.3, 0.4) is 0 Å². The topological polar surface area (TPSA) is 79.2 Å². The smallest absolute Gasteiger partial charge is 0.341 e. The largest absolute Gasteiger partial charge is 0.457 e. The van der Waals surface area contributed by atoms with Crippen molar-refractivity contribution in [3.8, 4) is 6.07 Å². The summed E-state index contributed by atoms with van der Waals surface area (Å²) >= 11 is 5.91. The molecule has 0 saturated carbocycles. The number of carbonyl (C=O) groups excluding carboxylic acids is 2. The maximum atomic E-state index is 11.5. The average Bonchev–Trinajstić information content (AvgIpc) is 2.65. The average molecular weight is 251 g/mol. The van der Waals surface area contributed by atoms with Gasteiger partial charge in [0, 0.05) is 5.56 Å². The number of halogens is 1. The molecule has 0 aromatic heterocycles. The highest BCUT2D eigenvalue weighted by Gasteiger charge is 2.27. The Kier molecular flexibility index (Phi) is 2.98. The maximum absolute atomic E-state index is 11.5. The van der Waals surface area contributed by atoms with E-state index in [1.807, 2.05) is 0 Å². The summed E-state index contributed by atoms with van der Waals surface area (Å²) in [5.41, 5.74) is 1.15. The Morgan fingerprint density at radius 3 is 3.06 bits per heavy atom. The number of nitrogens with one attached hydrogen (secondary N) is 1. The Bertz CT molecular complexity index is 548. The molecule has 1 N–H and O–H groups in total. The fourth-order valence-corrected chi connectivity index (χ4v) is 1.77. The molecule has 17 heavy (non-hydrogen) atoms. The summed E-state index contributed by atoms with van der Waals surface area (Å²) in [6.45, 7) is 0.173. The Morgan fingerprint density at radius 2 is 2.35 bits per heavy atom. The third-order valence-corrected chi connectivity index (χ3v) is 2.62. The lowest BCUT2D eigenvalue weighted by Crippen LogP contribution is -2.13. The molecule has 0 bridgehead atoms. The van der Waals surface area contributed by atoms with Crippen molar-refractivity contribution in [3.05, 3.63) is 28.3 Å². The van der Waals surface area contributed by atoms with E-state index in [4.69, 9.17) is 21.6 Å². The fourth-order valence-electron chi connectivity index (χ4n) is 1.57. The van der Waals surface area contributed by atoms with Crippen LogP contribution in [0.5, 0.6) is 0 Å². The van der Waals surface area contributed by atoms with Crippen LogP contribution in [-0.4, -0.2) is 11.9 Å². The van der Waals surface area contributed by atoms with Gasteiger partial charge in [-0.1, -0.05) is 17.7 Å². The minimum Gasteiger partial charge on any atom is -0.457 e. The molecule has 0 radical (unpaired) electrons. The first kappa shape index (κ1) is 11.4. The van der Waals surface area contributed by atoms with E-state index in [-0.39, 0.29) is 29.3 Å². The molecule has 0 spiro atoms. The zero-order chi connectivity index (χ0) is 12.4. The molecule has 0 aliphatic carbocycles. The Hall–Kier alpha value is -2.06. The van der Waals surface area contributed by atoms with Crippen LogP contribution in [0.2, 0.25) is 5.02 Å². The molecular formula is C11H7ClN2O3. The van der Waals surface area contributed by atoms with Crippen LogP contribution in [0.1, 0.15) is 22.3 Å². The van der Waals surface area contributed by atoms with Crippen LogP contribution >= 0.6 is 11.6 Å². The van der Waals surface area contributed by atoms with E-state index in [0.717, 1.165) is 0 Å². The lowest BCUT2D eigenvalue weighted by Gasteiger charge is -2.08. The van der Waals surface area contributed by atoms with E-state index in [1.54, 1.807) is 18.2 Å². The maximum Gasteiger partial charge on any atom is 0.341 e. The molecule has 1 aromatic carbocycles. The van der Waals surface area contributed by atoms with Crippen LogP contribution in [0.15, 0.2) is 12.1 Å². The van der Waals surface area contributed by atoms with Gasteiger partial charge in [-0.05, 0) is 6.07 Å². The van der Waals surface area contributed by atoms with Gasteiger partial charge in [0.25, 0.3) is 0 Å². The lowest BCUT2D eigenvalue weighted by molar-refractivity contribution is -0.115. The summed E-state index contributed by atoms with van der Waals surface area (Å²) in [5.74, 6) is -1.03. The summed E-state index contributed by atoms with van der Waals surface area (Å²) in [5, 5.41) is 11.1. The van der Waals surface area contributed by atoms with E-state index in [1.165, 1.54) is 0 Å². The molecule has 0 unspecified atom stereocenters. The van der Waals surface area contributed by atoms with E-state index in [2.05, 4.69) is 5.32 Å². The first-order chi connectivity index (χ1) is 8.13. The molecule has 0 fully saturated rings. The van der Waals surface area contributed by atoms with Gasteiger partial charge in [-0.2, -0.15) is 5.26 Å². The predicted molar refractivity (Wildman–Crippen MR) is 59.4 cm³/mol. The number of amides is 1. The molecular weight excluding hydrogens is 244 g/mol. The van der Waals surface area contributed by atoms with Crippen LogP contribution < -0.4 is 5.32 Å². The van der Waals surface area contributed by atoms with Crippen LogP contribution in [0.4, 0.5) is 5.69 Å². The highest BCUT2D eigenvalue weighted by molar-refractivity contribution is 6.34. The van der Waals surface area contributed by atoms with Crippen molar-refractivity contribution in [2.24, 2.45) is 0 Å². The van der Waals surface area contributed by atoms with Gasteiger partial charge in [-0.25, -0.2) is 4.79 Å². The molecule has 1 heterocycles. The van der Waals surface area contributed by atoms with E-state index < -0.39 is 11.9 Å². The fraction of sp³-hybridized carbons (Fsp3) is 0.182. The molecule has 86 valence electrons. The van der Waals surface area contributed by atoms with Crippen LogP contribution in [0.25, 0.3) is 0 Å². The lowest BCUT2D eigenvalue weighted by atomic mass is 10.1. The normalized spacial score (nSPS) is 12.6. The van der Waals surface area contributed by atoms with Gasteiger partial charge >= 0.3 is 5.97 Å². The third-order valence-electron chi connectivity index (χ3n) is 2.31. The molecule has 6 heteroatoms. The van der Waals surface area contributed by atoms with Crippen molar-refractivity contribution >= 4 is 29.2 Å². The van der Waals surface area contributed by atoms with Gasteiger partial charge in [-0.3, -0.25) is 4.79 Å². The molecule has 1 amide bonds. The number of nitrogens with zero attached hydrogens (tertiary/aromatic N) is 1. The molecule has 0 atom stereocenters. The number of carbonyl (C=O) groups is 2. The summed E-state index contributed by atoms with van der Waals surface area (Å²) in [7, 11) is 0. The number of fused-ring (bicyclic) bond motifs is 1. The zero-order valence-electron chi connectivity index (χ0n) is 8.62. The first-order valence-corrected chi connectivity index (χ1v) is 5.16. The molecule has 1 aliphatic rings. The molecule has 1 aromatic rings. The second-order valence-corrected chi connectivity index (χ2v) is 3.82. The zero-order valence-corrected chi connectivity index (χ0v) is 9.37. The molecule has 0 saturated heterocycles. The van der Waals surface area contributed by atoms with Gasteiger partial charge in [0.05, 0.1) is 22.3 Å². The summed E-state index contributed by atoms with van der Waals surface area (Å²) < 4.78 is 4.85. The number of ether oxygens (including phenoxy) is 1. The van der Waals surface area contributed by atoms with Crippen molar-refractivity contribution in [3.63, 3.8) is 0 Å². The van der Waals surface area contributed by atoms with Gasteiger partial charge in [-0.15, -0.1) is 0 Å². The predicted octanol–water partition coefficient (Wildman–Crippen LogP) is 1.86. The summed E-state index contributed by atoms with van der Waals surface area (Å²) in [4.78, 5) is 22.8. The highest BCUT2D eigenvalue weighted by atomic mass is 35.5. The second kappa shape index (κ2) is 4.44. The monoisotopic (exact) mass is 250 g/mol. The standard InChI is InChI=1S/C11H7ClN2O3/c12-7-2-1-6-5-17-11(16)9(6)10(7)14-8(15)3-4-13/h1-2H,3,5H2,(H,14,15). The number of hydrogen-bond acceptors (Lipinski definition) is 4. The van der Waals surface area contributed by atoms with Crippen molar-refractivity contribution in [1.82, 2.24) is 0 Å². The minimum atomic E-state index is -0.519. The number of rotatable bonds is 2. The third kappa shape index (κ3) is 2.08.